The lowest BCUT2D eigenvalue weighted by Gasteiger charge is -2.33. The number of nitrogens with zero attached hydrogens (tertiary/aromatic N) is 4. The van der Waals surface area contributed by atoms with Crippen LogP contribution in [-0.2, 0) is 9.53 Å². The third-order valence-electron chi connectivity index (χ3n) is 4.48. The summed E-state index contributed by atoms with van der Waals surface area (Å²) in [6.07, 6.45) is 5.10. The zero-order chi connectivity index (χ0) is 18.0. The molecule has 2 aliphatic rings. The molecule has 3 heterocycles. The molecule has 0 radical (unpaired) electrons. The maximum Gasteiger partial charge on any atom is 0.410 e. The number of ether oxygens (including phenoxy) is 1. The molecule has 0 bridgehead atoms. The number of carbonyl (C=O) groups excluding carboxylic acids is 2. The van der Waals surface area contributed by atoms with Crippen LogP contribution < -0.4 is 10.2 Å². The van der Waals surface area contributed by atoms with Gasteiger partial charge in [0, 0.05) is 32.4 Å². The number of nitrogens with one attached hydrogen (secondary N) is 1. The van der Waals surface area contributed by atoms with Gasteiger partial charge in [-0.3, -0.25) is 9.48 Å². The van der Waals surface area contributed by atoms with Crippen LogP contribution in [0.25, 0.3) is 0 Å². The number of aromatic nitrogens is 2. The molecule has 0 aliphatic carbocycles. The normalized spacial score (nSPS) is 20.0. The predicted molar refractivity (Wildman–Crippen MR) is 93.5 cm³/mol. The Morgan fingerprint density at radius 2 is 2.00 bits per heavy atom. The number of anilines is 1. The van der Waals surface area contributed by atoms with Gasteiger partial charge in [-0.15, -0.1) is 0 Å². The third kappa shape index (κ3) is 4.31. The topological polar surface area (TPSA) is 79.7 Å². The Hall–Kier alpha value is -2.09. The Morgan fingerprint density at radius 1 is 1.28 bits per heavy atom. The maximum absolute atomic E-state index is 12.1. The first kappa shape index (κ1) is 17.7. The lowest BCUT2D eigenvalue weighted by molar-refractivity contribution is -0.118. The summed E-state index contributed by atoms with van der Waals surface area (Å²) in [5.41, 5.74) is 0.377. The van der Waals surface area contributed by atoms with E-state index < -0.39 is 5.60 Å². The molecule has 0 unspecified atom stereocenters. The number of likely N-dealkylation sites (tertiary alicyclic amines) is 1. The highest BCUT2D eigenvalue weighted by atomic mass is 16.6. The summed E-state index contributed by atoms with van der Waals surface area (Å²) in [5.74, 6) is 0.0746. The monoisotopic (exact) mass is 349 g/mol. The molecule has 2 amide bonds. The number of amides is 2. The molecule has 2 saturated heterocycles. The Morgan fingerprint density at radius 3 is 2.64 bits per heavy atom. The Balaban J connectivity index is 1.57. The average molecular weight is 349 g/mol. The van der Waals surface area contributed by atoms with Gasteiger partial charge in [0.15, 0.2) is 0 Å². The molecule has 0 atom stereocenters. The minimum absolute atomic E-state index is 0.0746. The van der Waals surface area contributed by atoms with Crippen LogP contribution in [0, 0.1) is 0 Å². The first-order valence-electron chi connectivity index (χ1n) is 8.87. The lowest BCUT2D eigenvalue weighted by Crippen LogP contribution is -2.48. The van der Waals surface area contributed by atoms with Crippen molar-refractivity contribution >= 4 is 17.7 Å². The molecule has 2 fully saturated rings. The van der Waals surface area contributed by atoms with Crippen LogP contribution in [0.2, 0.25) is 0 Å². The molecule has 1 N–H and O–H groups in total. The largest absolute Gasteiger partial charge is 0.444 e. The van der Waals surface area contributed by atoms with Crippen LogP contribution in [-0.4, -0.2) is 65.0 Å². The van der Waals surface area contributed by atoms with Gasteiger partial charge in [0.1, 0.15) is 5.60 Å². The van der Waals surface area contributed by atoms with Crippen LogP contribution in [0.15, 0.2) is 12.4 Å². The molecule has 25 heavy (non-hydrogen) atoms. The summed E-state index contributed by atoms with van der Waals surface area (Å²) >= 11 is 0. The lowest BCUT2D eigenvalue weighted by atomic mass is 10.1. The van der Waals surface area contributed by atoms with E-state index in [0.717, 1.165) is 25.1 Å². The second-order valence-corrected chi connectivity index (χ2v) is 7.60. The van der Waals surface area contributed by atoms with Gasteiger partial charge < -0.3 is 19.9 Å². The van der Waals surface area contributed by atoms with Crippen LogP contribution in [0.1, 0.15) is 39.7 Å². The smallest absolute Gasteiger partial charge is 0.410 e. The molecular formula is C17H27N5O3. The second-order valence-electron chi connectivity index (χ2n) is 7.60. The van der Waals surface area contributed by atoms with Gasteiger partial charge in [0.2, 0.25) is 5.91 Å². The molecular weight excluding hydrogens is 322 g/mol. The molecule has 3 rings (SSSR count). The van der Waals surface area contributed by atoms with Gasteiger partial charge in [-0.1, -0.05) is 0 Å². The number of piperidine rings is 1. The summed E-state index contributed by atoms with van der Waals surface area (Å²) in [6.45, 7) is 8.77. The van der Waals surface area contributed by atoms with E-state index in [2.05, 4.69) is 10.4 Å². The van der Waals surface area contributed by atoms with E-state index in [1.54, 1.807) is 16.0 Å². The minimum atomic E-state index is -0.472. The number of carbonyl (C=O) groups is 2. The molecule has 0 aromatic carbocycles. The van der Waals surface area contributed by atoms with Crippen LogP contribution in [0.3, 0.4) is 0 Å². The van der Waals surface area contributed by atoms with Gasteiger partial charge in [-0.25, -0.2) is 4.79 Å². The average Bonchev–Trinajstić information content (AvgIpc) is 3.03. The number of piperazine rings is 1. The number of hydrogen-bond acceptors (Lipinski definition) is 5. The molecule has 8 nitrogen and oxygen atoms in total. The SMILES string of the molecule is CC(C)(C)OC(=O)N1CCC(n2cc(N3CCNCC3=O)cn2)CC1. The second kappa shape index (κ2) is 7.03. The first-order valence-corrected chi connectivity index (χ1v) is 8.87. The Kier molecular flexibility index (Phi) is 4.99. The van der Waals surface area contributed by atoms with E-state index in [4.69, 9.17) is 4.74 Å². The van der Waals surface area contributed by atoms with Gasteiger partial charge >= 0.3 is 6.09 Å². The molecule has 0 spiro atoms. The summed E-state index contributed by atoms with van der Waals surface area (Å²) in [5, 5.41) is 7.51. The Labute approximate surface area is 148 Å². The summed E-state index contributed by atoms with van der Waals surface area (Å²) in [7, 11) is 0. The fourth-order valence-electron chi connectivity index (χ4n) is 3.19. The van der Waals surface area contributed by atoms with Crippen molar-refractivity contribution < 1.29 is 14.3 Å². The zero-order valence-electron chi connectivity index (χ0n) is 15.2. The Bertz CT molecular complexity index is 628. The van der Waals surface area contributed by atoms with Gasteiger partial charge in [0.05, 0.1) is 24.5 Å². The summed E-state index contributed by atoms with van der Waals surface area (Å²) in [4.78, 5) is 27.6. The molecule has 1 aromatic heterocycles. The molecule has 138 valence electrons. The highest BCUT2D eigenvalue weighted by Gasteiger charge is 2.28. The van der Waals surface area contributed by atoms with Gasteiger partial charge in [0.25, 0.3) is 0 Å². The van der Waals surface area contributed by atoms with Crippen molar-refractivity contribution in [1.29, 1.82) is 0 Å². The van der Waals surface area contributed by atoms with Crippen molar-refractivity contribution in [2.24, 2.45) is 0 Å². The van der Waals surface area contributed by atoms with E-state index in [1.807, 2.05) is 31.6 Å². The van der Waals surface area contributed by atoms with Crippen molar-refractivity contribution in [2.45, 2.75) is 45.3 Å². The van der Waals surface area contributed by atoms with E-state index in [-0.39, 0.29) is 18.0 Å². The molecule has 1 aromatic rings. The van der Waals surface area contributed by atoms with E-state index in [9.17, 15) is 9.59 Å². The standard InChI is InChI=1S/C17H27N5O3/c1-17(2,3)25-16(24)20-7-4-13(5-8-20)22-12-14(10-19-22)21-9-6-18-11-15(21)23/h10,12-13,18H,4-9,11H2,1-3H3. The molecule has 0 saturated carbocycles. The predicted octanol–water partition coefficient (Wildman–Crippen LogP) is 1.39. The molecule has 2 aliphatic heterocycles. The summed E-state index contributed by atoms with van der Waals surface area (Å²) in [6, 6.07) is 0.241. The van der Waals surface area contributed by atoms with Crippen molar-refractivity contribution in [3.05, 3.63) is 12.4 Å². The highest BCUT2D eigenvalue weighted by molar-refractivity contribution is 5.95. The fourth-order valence-corrected chi connectivity index (χ4v) is 3.19. The van der Waals surface area contributed by atoms with Crippen LogP contribution in [0.4, 0.5) is 10.5 Å². The third-order valence-corrected chi connectivity index (χ3v) is 4.48. The van der Waals surface area contributed by atoms with Crippen molar-refractivity contribution in [3.63, 3.8) is 0 Å². The summed E-state index contributed by atoms with van der Waals surface area (Å²) < 4.78 is 7.36. The molecule has 8 heteroatoms. The minimum Gasteiger partial charge on any atom is -0.444 e. The van der Waals surface area contributed by atoms with Crippen LogP contribution >= 0.6 is 0 Å². The maximum atomic E-state index is 12.1. The van der Waals surface area contributed by atoms with E-state index >= 15 is 0 Å². The first-order chi connectivity index (χ1) is 11.8. The fraction of sp³-hybridized carbons (Fsp3) is 0.706. The van der Waals surface area contributed by atoms with Gasteiger partial charge in [-0.2, -0.15) is 5.10 Å². The number of hydrogen-bond donors (Lipinski definition) is 1. The van der Waals surface area contributed by atoms with Crippen molar-refractivity contribution in [3.8, 4) is 0 Å². The van der Waals surface area contributed by atoms with Crippen molar-refractivity contribution in [2.75, 3.05) is 37.6 Å². The number of rotatable bonds is 2. The van der Waals surface area contributed by atoms with Gasteiger partial charge in [-0.05, 0) is 33.6 Å². The van der Waals surface area contributed by atoms with E-state index in [1.165, 1.54) is 0 Å². The zero-order valence-corrected chi connectivity index (χ0v) is 15.2. The van der Waals surface area contributed by atoms with Crippen molar-refractivity contribution in [1.82, 2.24) is 20.0 Å². The highest BCUT2D eigenvalue weighted by Crippen LogP contribution is 2.25. The van der Waals surface area contributed by atoms with Crippen LogP contribution in [0.5, 0.6) is 0 Å². The quantitative estimate of drug-likeness (QED) is 0.873. The van der Waals surface area contributed by atoms with E-state index in [0.29, 0.717) is 26.2 Å².